The Morgan fingerprint density at radius 1 is 1.06 bits per heavy atom. The topological polar surface area (TPSA) is 46.6 Å². The maximum Gasteiger partial charge on any atom is 0.307 e. The van der Waals surface area contributed by atoms with Crippen LogP contribution in [0.2, 0.25) is 0 Å². The second-order valence-corrected chi connectivity index (χ2v) is 4.39. The first kappa shape index (κ1) is 16.9. The number of amides is 1. The van der Waals surface area contributed by atoms with Crippen LogP contribution in [0.4, 0.5) is 0 Å². The Hall–Kier alpha value is -1.06. The van der Waals surface area contributed by atoms with Crippen molar-refractivity contribution in [3.8, 4) is 0 Å². The lowest BCUT2D eigenvalue weighted by Gasteiger charge is -2.25. The van der Waals surface area contributed by atoms with E-state index in [2.05, 4.69) is 0 Å². The highest BCUT2D eigenvalue weighted by Gasteiger charge is 2.21. The fraction of sp³-hybridized carbons (Fsp3) is 0.857. The van der Waals surface area contributed by atoms with Crippen LogP contribution < -0.4 is 0 Å². The van der Waals surface area contributed by atoms with Crippen LogP contribution in [0.25, 0.3) is 0 Å². The molecular weight excluding hydrogens is 230 g/mol. The van der Waals surface area contributed by atoms with Crippen molar-refractivity contribution >= 4 is 11.9 Å². The van der Waals surface area contributed by atoms with Gasteiger partial charge in [0.15, 0.2) is 0 Å². The van der Waals surface area contributed by atoms with Crippen molar-refractivity contribution in [1.29, 1.82) is 0 Å². The summed E-state index contributed by atoms with van der Waals surface area (Å²) in [7, 11) is 0. The summed E-state index contributed by atoms with van der Waals surface area (Å²) in [6.07, 6.45) is 2.92. The number of hydrogen-bond acceptors (Lipinski definition) is 3. The molecule has 0 N–H and O–H groups in total. The molecule has 106 valence electrons. The third kappa shape index (κ3) is 6.03. The standard InChI is InChI=1S/C14H27NO3/c1-5-10-15(11-9-13(16)18-8-4)14(17)12(6-2)7-3/h12H,5-11H2,1-4H3. The first-order valence-electron chi connectivity index (χ1n) is 7.04. The Morgan fingerprint density at radius 2 is 1.67 bits per heavy atom. The molecule has 0 aromatic carbocycles. The summed E-state index contributed by atoms with van der Waals surface area (Å²) >= 11 is 0. The van der Waals surface area contributed by atoms with Crippen LogP contribution >= 0.6 is 0 Å². The minimum atomic E-state index is -0.226. The second kappa shape index (κ2) is 9.92. The van der Waals surface area contributed by atoms with E-state index >= 15 is 0 Å². The zero-order valence-electron chi connectivity index (χ0n) is 12.2. The third-order valence-corrected chi connectivity index (χ3v) is 3.03. The van der Waals surface area contributed by atoms with E-state index in [0.717, 1.165) is 25.8 Å². The maximum absolute atomic E-state index is 12.2. The molecule has 0 unspecified atom stereocenters. The van der Waals surface area contributed by atoms with Crippen molar-refractivity contribution in [1.82, 2.24) is 4.90 Å². The normalized spacial score (nSPS) is 10.5. The Labute approximate surface area is 111 Å². The molecule has 4 heteroatoms. The quantitative estimate of drug-likeness (QED) is 0.596. The summed E-state index contributed by atoms with van der Waals surface area (Å²) in [6.45, 7) is 9.47. The molecule has 0 fully saturated rings. The highest BCUT2D eigenvalue weighted by molar-refractivity contribution is 5.79. The number of esters is 1. The summed E-state index contributed by atoms with van der Waals surface area (Å²) in [4.78, 5) is 25.4. The molecule has 18 heavy (non-hydrogen) atoms. The van der Waals surface area contributed by atoms with Gasteiger partial charge in [-0.15, -0.1) is 0 Å². The van der Waals surface area contributed by atoms with Gasteiger partial charge in [0.05, 0.1) is 13.0 Å². The monoisotopic (exact) mass is 257 g/mol. The van der Waals surface area contributed by atoms with Crippen LogP contribution in [0.1, 0.15) is 53.4 Å². The molecule has 0 spiro atoms. The molecule has 0 saturated heterocycles. The lowest BCUT2D eigenvalue weighted by Crippen LogP contribution is -2.38. The van der Waals surface area contributed by atoms with Gasteiger partial charge in [-0.2, -0.15) is 0 Å². The second-order valence-electron chi connectivity index (χ2n) is 4.39. The SMILES string of the molecule is CCCN(CCC(=O)OCC)C(=O)C(CC)CC. The molecule has 0 aromatic heterocycles. The number of hydrogen-bond donors (Lipinski definition) is 0. The molecular formula is C14H27NO3. The van der Waals surface area contributed by atoms with Crippen LogP contribution in [0.3, 0.4) is 0 Å². The molecule has 0 aliphatic carbocycles. The van der Waals surface area contributed by atoms with Crippen LogP contribution in [-0.2, 0) is 14.3 Å². The number of rotatable bonds is 9. The molecule has 0 bridgehead atoms. The fourth-order valence-electron chi connectivity index (χ4n) is 1.96. The molecule has 0 rings (SSSR count). The van der Waals surface area contributed by atoms with Gasteiger partial charge in [0.2, 0.25) is 5.91 Å². The van der Waals surface area contributed by atoms with Crippen molar-refractivity contribution in [2.45, 2.75) is 53.4 Å². The largest absolute Gasteiger partial charge is 0.466 e. The van der Waals surface area contributed by atoms with E-state index in [1.165, 1.54) is 0 Å². The van der Waals surface area contributed by atoms with E-state index in [0.29, 0.717) is 19.6 Å². The van der Waals surface area contributed by atoms with Crippen molar-refractivity contribution < 1.29 is 14.3 Å². The predicted molar refractivity (Wildman–Crippen MR) is 72.2 cm³/mol. The maximum atomic E-state index is 12.2. The van der Waals surface area contributed by atoms with Gasteiger partial charge in [-0.25, -0.2) is 0 Å². The molecule has 0 aliphatic rings. The summed E-state index contributed by atoms with van der Waals surface area (Å²) in [5.41, 5.74) is 0. The summed E-state index contributed by atoms with van der Waals surface area (Å²) in [5.74, 6) is 0.0286. The highest BCUT2D eigenvalue weighted by Crippen LogP contribution is 2.12. The van der Waals surface area contributed by atoms with Gasteiger partial charge in [-0.3, -0.25) is 9.59 Å². The van der Waals surface area contributed by atoms with E-state index in [1.54, 1.807) is 11.8 Å². The van der Waals surface area contributed by atoms with Crippen molar-refractivity contribution in [2.75, 3.05) is 19.7 Å². The van der Waals surface area contributed by atoms with Gasteiger partial charge < -0.3 is 9.64 Å². The molecule has 1 amide bonds. The van der Waals surface area contributed by atoms with Crippen LogP contribution in [0, 0.1) is 5.92 Å². The average molecular weight is 257 g/mol. The minimum absolute atomic E-state index is 0.0822. The van der Waals surface area contributed by atoms with E-state index in [4.69, 9.17) is 4.74 Å². The average Bonchev–Trinajstić information content (AvgIpc) is 2.36. The number of nitrogens with zero attached hydrogens (tertiary/aromatic N) is 1. The molecule has 0 aliphatic heterocycles. The van der Waals surface area contributed by atoms with E-state index < -0.39 is 0 Å². The third-order valence-electron chi connectivity index (χ3n) is 3.03. The van der Waals surface area contributed by atoms with Gasteiger partial charge >= 0.3 is 5.97 Å². The van der Waals surface area contributed by atoms with E-state index in [1.807, 2.05) is 20.8 Å². The van der Waals surface area contributed by atoms with Gasteiger partial charge in [0.25, 0.3) is 0 Å². The van der Waals surface area contributed by atoms with Gasteiger partial charge in [-0.05, 0) is 26.2 Å². The Balaban J connectivity index is 4.36. The fourth-order valence-corrected chi connectivity index (χ4v) is 1.96. The van der Waals surface area contributed by atoms with Crippen molar-refractivity contribution in [2.24, 2.45) is 5.92 Å². The number of carbonyl (C=O) groups is 2. The number of carbonyl (C=O) groups excluding carboxylic acids is 2. The Morgan fingerprint density at radius 3 is 2.11 bits per heavy atom. The van der Waals surface area contributed by atoms with Gasteiger partial charge in [-0.1, -0.05) is 20.8 Å². The first-order chi connectivity index (χ1) is 8.60. The van der Waals surface area contributed by atoms with Gasteiger partial charge in [0.1, 0.15) is 0 Å². The molecule has 0 radical (unpaired) electrons. The lowest BCUT2D eigenvalue weighted by atomic mass is 10.0. The van der Waals surface area contributed by atoms with Crippen molar-refractivity contribution in [3.63, 3.8) is 0 Å². The Kier molecular flexibility index (Phi) is 9.33. The van der Waals surface area contributed by atoms with Crippen LogP contribution in [-0.4, -0.2) is 36.5 Å². The van der Waals surface area contributed by atoms with Crippen LogP contribution in [0.5, 0.6) is 0 Å². The summed E-state index contributed by atoms with van der Waals surface area (Å²) in [5, 5.41) is 0. The van der Waals surface area contributed by atoms with Crippen molar-refractivity contribution in [3.05, 3.63) is 0 Å². The summed E-state index contributed by atoms with van der Waals surface area (Å²) < 4.78 is 4.89. The first-order valence-corrected chi connectivity index (χ1v) is 7.04. The molecule has 4 nitrogen and oxygen atoms in total. The zero-order valence-corrected chi connectivity index (χ0v) is 12.2. The zero-order chi connectivity index (χ0) is 14.0. The van der Waals surface area contributed by atoms with E-state index in [-0.39, 0.29) is 17.8 Å². The Bertz CT molecular complexity index is 249. The molecule has 0 saturated carbocycles. The molecule has 0 aromatic rings. The predicted octanol–water partition coefficient (Wildman–Crippen LogP) is 2.61. The molecule has 0 atom stereocenters. The molecule has 0 heterocycles. The van der Waals surface area contributed by atoms with Crippen LogP contribution in [0.15, 0.2) is 0 Å². The highest BCUT2D eigenvalue weighted by atomic mass is 16.5. The summed E-state index contributed by atoms with van der Waals surface area (Å²) in [6, 6.07) is 0. The smallest absolute Gasteiger partial charge is 0.307 e. The minimum Gasteiger partial charge on any atom is -0.466 e. The van der Waals surface area contributed by atoms with Gasteiger partial charge in [0, 0.05) is 19.0 Å². The lowest BCUT2D eigenvalue weighted by molar-refractivity contribution is -0.144. The van der Waals surface area contributed by atoms with E-state index in [9.17, 15) is 9.59 Å². The number of ether oxygens (including phenoxy) is 1.